The van der Waals surface area contributed by atoms with E-state index in [9.17, 15) is 80.5 Å². The molecule has 3 saturated heterocycles. The predicted octanol–water partition coefficient (Wildman–Crippen LogP) is -8.23. The quantitative estimate of drug-likeness (QED) is 0.100. The van der Waals surface area contributed by atoms with Crippen molar-refractivity contribution in [2.45, 2.75) is 111 Å². The van der Waals surface area contributed by atoms with Gasteiger partial charge in [0.2, 0.25) is 12.0 Å². The van der Waals surface area contributed by atoms with E-state index >= 15 is 0 Å². The first kappa shape index (κ1) is 37.6. The number of carboxylic acid groups (broad SMARTS) is 4. The maximum atomic E-state index is 12.1. The molecule has 0 aromatic rings. The molecule has 3 fully saturated rings. The van der Waals surface area contributed by atoms with Crippen LogP contribution in [-0.4, -0.2) is 201 Å². The molecule has 48 heavy (non-hydrogen) atoms. The number of hydrogen-bond acceptors (Lipinski definition) is 20. The maximum Gasteiger partial charge on any atom is 0.371 e. The van der Waals surface area contributed by atoms with Crippen molar-refractivity contribution in [2.75, 3.05) is 0 Å². The van der Waals surface area contributed by atoms with Crippen molar-refractivity contribution >= 4 is 23.9 Å². The number of aliphatic hydroxyl groups is 9. The van der Waals surface area contributed by atoms with Crippen LogP contribution < -0.4 is 0 Å². The van der Waals surface area contributed by atoms with E-state index in [1.165, 1.54) is 0 Å². The number of carbonyl (C=O) groups is 4. The number of aliphatic carboxylic acids is 4. The highest BCUT2D eigenvalue weighted by atomic mass is 16.8. The van der Waals surface area contributed by atoms with Gasteiger partial charge in [0.25, 0.3) is 0 Å². The van der Waals surface area contributed by atoms with Crippen molar-refractivity contribution in [3.8, 4) is 0 Å². The van der Waals surface area contributed by atoms with Crippen molar-refractivity contribution < 1.29 is 119 Å². The summed E-state index contributed by atoms with van der Waals surface area (Å²) in [6.45, 7) is 0. The number of hydrogen-bond donors (Lipinski definition) is 13. The Kier molecular flexibility index (Phi) is 11.6. The summed E-state index contributed by atoms with van der Waals surface area (Å²) in [5.41, 5.74) is 0. The second kappa shape index (κ2) is 14.7. The summed E-state index contributed by atoms with van der Waals surface area (Å²) >= 11 is 0. The molecule has 4 heterocycles. The van der Waals surface area contributed by atoms with E-state index in [2.05, 4.69) is 4.74 Å². The second-order valence-corrected chi connectivity index (χ2v) is 10.9. The Labute approximate surface area is 265 Å². The Morgan fingerprint density at radius 1 is 0.500 bits per heavy atom. The van der Waals surface area contributed by atoms with Gasteiger partial charge in [-0.15, -0.1) is 0 Å². The monoisotopic (exact) mass is 704 g/mol. The Hall–Kier alpha value is -3.18. The molecular formula is C24H32O24. The van der Waals surface area contributed by atoms with Crippen molar-refractivity contribution in [3.05, 3.63) is 11.8 Å². The molecule has 0 aliphatic carbocycles. The fourth-order valence-corrected chi connectivity index (χ4v) is 5.14. The van der Waals surface area contributed by atoms with Crippen LogP contribution in [0.3, 0.4) is 0 Å². The number of aliphatic hydroxyl groups excluding tert-OH is 9. The van der Waals surface area contributed by atoms with Gasteiger partial charge in [-0.2, -0.15) is 0 Å². The summed E-state index contributed by atoms with van der Waals surface area (Å²) in [5, 5.41) is 131. The van der Waals surface area contributed by atoms with Crippen LogP contribution in [0.25, 0.3) is 0 Å². The van der Waals surface area contributed by atoms with Crippen molar-refractivity contribution in [1.29, 1.82) is 0 Å². The van der Waals surface area contributed by atoms with Gasteiger partial charge in [-0.3, -0.25) is 0 Å². The molecule has 24 nitrogen and oxygen atoms in total. The maximum absolute atomic E-state index is 12.1. The zero-order valence-electron chi connectivity index (χ0n) is 23.8. The summed E-state index contributed by atoms with van der Waals surface area (Å²) in [6.07, 6.45) is -39.8. The third kappa shape index (κ3) is 7.37. The van der Waals surface area contributed by atoms with E-state index in [1.807, 2.05) is 0 Å². The van der Waals surface area contributed by atoms with E-state index in [4.69, 9.17) is 33.5 Å². The van der Waals surface area contributed by atoms with Crippen LogP contribution in [0.1, 0.15) is 0 Å². The average molecular weight is 704 g/mol. The van der Waals surface area contributed by atoms with Gasteiger partial charge in [0.15, 0.2) is 37.2 Å². The summed E-state index contributed by atoms with van der Waals surface area (Å²) < 4.78 is 35.4. The molecule has 4 aliphatic heterocycles. The van der Waals surface area contributed by atoms with Gasteiger partial charge in [-0.05, 0) is 6.08 Å². The molecule has 0 amide bonds. The minimum absolute atomic E-state index is 0.595. The lowest BCUT2D eigenvalue weighted by atomic mass is 9.95. The zero-order chi connectivity index (χ0) is 35.9. The van der Waals surface area contributed by atoms with Crippen molar-refractivity contribution in [2.24, 2.45) is 0 Å². The number of rotatable bonds is 10. The largest absolute Gasteiger partial charge is 0.479 e. The van der Waals surface area contributed by atoms with Crippen LogP contribution in [-0.2, 0) is 52.3 Å². The average Bonchev–Trinajstić information content (AvgIpc) is 3.01. The Balaban J connectivity index is 1.51. The molecule has 24 heteroatoms. The lowest BCUT2D eigenvalue weighted by molar-refractivity contribution is -0.373. The zero-order valence-corrected chi connectivity index (χ0v) is 23.8. The molecule has 0 bridgehead atoms. The van der Waals surface area contributed by atoms with E-state index in [0.29, 0.717) is 6.08 Å². The summed E-state index contributed by atoms with van der Waals surface area (Å²) in [6, 6.07) is 0. The molecule has 0 aromatic carbocycles. The molecule has 4 aliphatic rings. The van der Waals surface area contributed by atoms with Crippen LogP contribution in [0.2, 0.25) is 0 Å². The standard InChI is InChI=1S/C24H32O24/c25-2-1-3(17(33)34)42-22(4(2)26)44-12-6(28)9(31)24(47-15(12)19(37)38)46-13-7(29)10(32)23(48-16(13)20(39)40)45-11-5(27)8(30)21(41)43-14(11)18(35)36/h1-2,4-16,21-32,41H,(H,33,34)(H,35,36)(H,37,38)(H,39,40)/t2-,4-,5+,6+,7+,8-,9-,10-,11-,12-,13-,14-,15+,16-,21+,22-,23+,24+/m0/s1. The lowest BCUT2D eigenvalue weighted by Gasteiger charge is -2.47. The SMILES string of the molecule is O=C(O)C1=C[C@H](O)[C@H](O)[C@H](O[C@H]2[C@H](O)[C@H](O)[C@H](O[C@H]3[C@H](O)[C@H](O)[C@H](O[C@H]4[C@H](O)[C@H](O)[C@H](O)O[C@@H]4C(=O)O)O[C@@H]3C(=O)O)O[C@H]2C(=O)O)O1. The van der Waals surface area contributed by atoms with E-state index in [1.54, 1.807) is 0 Å². The fourth-order valence-electron chi connectivity index (χ4n) is 5.14. The molecule has 272 valence electrons. The highest BCUT2D eigenvalue weighted by molar-refractivity contribution is 5.84. The first-order valence-corrected chi connectivity index (χ1v) is 13.7. The summed E-state index contributed by atoms with van der Waals surface area (Å²) in [5.74, 6) is -8.39. The molecule has 4 rings (SSSR count). The van der Waals surface area contributed by atoms with Gasteiger partial charge in [0, 0.05) is 0 Å². The van der Waals surface area contributed by atoms with Gasteiger partial charge in [-0.1, -0.05) is 0 Å². The van der Waals surface area contributed by atoms with E-state index in [-0.39, 0.29) is 0 Å². The summed E-state index contributed by atoms with van der Waals surface area (Å²) in [4.78, 5) is 47.0. The fraction of sp³-hybridized carbons (Fsp3) is 0.750. The van der Waals surface area contributed by atoms with Gasteiger partial charge in [0.1, 0.15) is 67.1 Å². The van der Waals surface area contributed by atoms with Crippen molar-refractivity contribution in [3.63, 3.8) is 0 Å². The minimum atomic E-state index is -2.41. The highest BCUT2D eigenvalue weighted by Gasteiger charge is 2.57. The molecule has 0 aromatic heterocycles. The molecular weight excluding hydrogens is 672 g/mol. The Bertz CT molecular complexity index is 1240. The topological polar surface area (TPSA) is 396 Å². The van der Waals surface area contributed by atoms with Crippen molar-refractivity contribution in [1.82, 2.24) is 0 Å². The van der Waals surface area contributed by atoms with Crippen LogP contribution in [0, 0.1) is 0 Å². The van der Waals surface area contributed by atoms with Gasteiger partial charge in [0.05, 0.1) is 0 Å². The third-order valence-corrected chi connectivity index (χ3v) is 7.66. The second-order valence-electron chi connectivity index (χ2n) is 10.9. The molecule has 0 unspecified atom stereocenters. The Morgan fingerprint density at radius 3 is 1.27 bits per heavy atom. The van der Waals surface area contributed by atoms with Gasteiger partial charge >= 0.3 is 23.9 Å². The third-order valence-electron chi connectivity index (χ3n) is 7.66. The van der Waals surface area contributed by atoms with E-state index < -0.39 is 140 Å². The van der Waals surface area contributed by atoms with Crippen LogP contribution in [0.15, 0.2) is 11.8 Å². The first-order chi connectivity index (χ1) is 22.3. The summed E-state index contributed by atoms with van der Waals surface area (Å²) in [7, 11) is 0. The molecule has 18 atom stereocenters. The predicted molar refractivity (Wildman–Crippen MR) is 134 cm³/mol. The first-order valence-electron chi connectivity index (χ1n) is 13.7. The smallest absolute Gasteiger partial charge is 0.371 e. The van der Waals surface area contributed by atoms with Gasteiger partial charge in [-0.25, -0.2) is 19.2 Å². The number of ether oxygens (including phenoxy) is 7. The van der Waals surface area contributed by atoms with Crippen LogP contribution in [0.5, 0.6) is 0 Å². The Morgan fingerprint density at radius 2 is 0.875 bits per heavy atom. The normalized spacial score (nSPS) is 46.6. The molecule has 0 saturated carbocycles. The van der Waals surface area contributed by atoms with Crippen LogP contribution in [0.4, 0.5) is 0 Å². The number of carboxylic acids is 4. The molecule has 13 N–H and O–H groups in total. The van der Waals surface area contributed by atoms with Crippen LogP contribution >= 0.6 is 0 Å². The van der Waals surface area contributed by atoms with Gasteiger partial charge < -0.3 is 99.5 Å². The minimum Gasteiger partial charge on any atom is -0.479 e. The molecule has 0 spiro atoms. The molecule has 0 radical (unpaired) electrons. The highest BCUT2D eigenvalue weighted by Crippen LogP contribution is 2.34. The van der Waals surface area contributed by atoms with E-state index in [0.717, 1.165) is 0 Å². The lowest BCUT2D eigenvalue weighted by Crippen LogP contribution is -2.68.